The van der Waals surface area contributed by atoms with Gasteiger partial charge in [0.05, 0.1) is 6.33 Å². The van der Waals surface area contributed by atoms with Crippen LogP contribution in [0, 0.1) is 0 Å². The topological polar surface area (TPSA) is 55.6 Å². The minimum absolute atomic E-state index is 0.810. The SMILES string of the molecule is CNc1nc2sc(SC)nc2c2c1ncn2C. The molecule has 5 nitrogen and oxygen atoms in total. The fourth-order valence-corrected chi connectivity index (χ4v) is 3.25. The summed E-state index contributed by atoms with van der Waals surface area (Å²) < 4.78 is 3.02. The Bertz CT molecular complexity index is 699. The third-order valence-corrected chi connectivity index (χ3v) is 4.53. The van der Waals surface area contributed by atoms with Crippen LogP contribution in [0.1, 0.15) is 0 Å². The summed E-state index contributed by atoms with van der Waals surface area (Å²) in [6.45, 7) is 0. The van der Waals surface area contributed by atoms with Crippen LogP contribution in [0.3, 0.4) is 0 Å². The summed E-state index contributed by atoms with van der Waals surface area (Å²) in [7, 11) is 3.84. The summed E-state index contributed by atoms with van der Waals surface area (Å²) in [5.74, 6) is 0.810. The minimum atomic E-state index is 0.810. The van der Waals surface area contributed by atoms with Crippen LogP contribution in [0.2, 0.25) is 0 Å². The van der Waals surface area contributed by atoms with Crippen molar-refractivity contribution in [2.24, 2.45) is 7.05 Å². The van der Waals surface area contributed by atoms with Gasteiger partial charge < -0.3 is 9.88 Å². The van der Waals surface area contributed by atoms with E-state index in [0.717, 1.165) is 31.5 Å². The summed E-state index contributed by atoms with van der Waals surface area (Å²) in [5.41, 5.74) is 2.85. The Balaban J connectivity index is 2.50. The van der Waals surface area contributed by atoms with Crippen molar-refractivity contribution < 1.29 is 0 Å². The molecule has 88 valence electrons. The van der Waals surface area contributed by atoms with Gasteiger partial charge in [-0.15, -0.1) is 0 Å². The van der Waals surface area contributed by atoms with E-state index < -0.39 is 0 Å². The molecule has 3 rings (SSSR count). The highest BCUT2D eigenvalue weighted by Gasteiger charge is 2.15. The number of anilines is 1. The van der Waals surface area contributed by atoms with Crippen molar-refractivity contribution in [1.82, 2.24) is 19.5 Å². The van der Waals surface area contributed by atoms with E-state index in [1.165, 1.54) is 0 Å². The van der Waals surface area contributed by atoms with E-state index in [1.54, 1.807) is 29.4 Å². The van der Waals surface area contributed by atoms with Gasteiger partial charge in [0.25, 0.3) is 0 Å². The molecule has 0 aromatic carbocycles. The number of thioether (sulfide) groups is 1. The number of hydrogen-bond donors (Lipinski definition) is 1. The van der Waals surface area contributed by atoms with Gasteiger partial charge in [-0.05, 0) is 6.26 Å². The van der Waals surface area contributed by atoms with E-state index in [1.807, 2.05) is 24.9 Å². The minimum Gasteiger partial charge on any atom is -0.371 e. The van der Waals surface area contributed by atoms with E-state index in [4.69, 9.17) is 0 Å². The summed E-state index contributed by atoms with van der Waals surface area (Å²) in [6, 6.07) is 0. The third-order valence-electron chi connectivity index (χ3n) is 2.60. The molecule has 0 unspecified atom stereocenters. The van der Waals surface area contributed by atoms with Crippen molar-refractivity contribution in [3.05, 3.63) is 6.33 Å². The zero-order chi connectivity index (χ0) is 12.0. The number of hydrogen-bond acceptors (Lipinski definition) is 6. The van der Waals surface area contributed by atoms with Crippen LogP contribution >= 0.6 is 23.1 Å². The van der Waals surface area contributed by atoms with Crippen LogP contribution in [0.15, 0.2) is 10.7 Å². The molecule has 0 aliphatic heterocycles. The Labute approximate surface area is 106 Å². The second-order valence-corrected chi connectivity index (χ2v) is 5.63. The third kappa shape index (κ3) is 1.49. The largest absolute Gasteiger partial charge is 0.371 e. The molecule has 0 saturated carbocycles. The molecule has 0 radical (unpaired) electrons. The van der Waals surface area contributed by atoms with E-state index in [9.17, 15) is 0 Å². The first-order valence-corrected chi connectivity index (χ1v) is 7.12. The first-order chi connectivity index (χ1) is 8.24. The van der Waals surface area contributed by atoms with Crippen molar-refractivity contribution in [1.29, 1.82) is 0 Å². The number of fused-ring (bicyclic) bond motifs is 3. The predicted octanol–water partition coefficient (Wildman–Crippen LogP) is 2.34. The second-order valence-electron chi connectivity index (χ2n) is 3.60. The van der Waals surface area contributed by atoms with Crippen molar-refractivity contribution in [3.63, 3.8) is 0 Å². The molecule has 7 heteroatoms. The van der Waals surface area contributed by atoms with Crippen LogP contribution in [0.25, 0.3) is 21.4 Å². The molecule has 17 heavy (non-hydrogen) atoms. The highest BCUT2D eigenvalue weighted by Crippen LogP contribution is 2.33. The lowest BCUT2D eigenvalue weighted by Gasteiger charge is -2.01. The number of aryl methyl sites for hydroxylation is 1. The maximum atomic E-state index is 4.60. The molecule has 0 bridgehead atoms. The van der Waals surface area contributed by atoms with Crippen LogP contribution in [0.4, 0.5) is 5.82 Å². The molecule has 3 aromatic rings. The number of aromatic nitrogens is 4. The molecule has 0 atom stereocenters. The molecule has 0 saturated heterocycles. The van der Waals surface area contributed by atoms with E-state index >= 15 is 0 Å². The monoisotopic (exact) mass is 265 g/mol. The zero-order valence-corrected chi connectivity index (χ0v) is 11.3. The number of nitrogens with zero attached hydrogens (tertiary/aromatic N) is 4. The maximum absolute atomic E-state index is 4.60. The van der Waals surface area contributed by atoms with Gasteiger partial charge in [0.15, 0.2) is 10.2 Å². The van der Waals surface area contributed by atoms with Gasteiger partial charge in [0, 0.05) is 14.1 Å². The summed E-state index contributed by atoms with van der Waals surface area (Å²) in [6.07, 6.45) is 3.82. The van der Waals surface area contributed by atoms with Crippen molar-refractivity contribution >= 4 is 50.3 Å². The predicted molar refractivity (Wildman–Crippen MR) is 73.0 cm³/mol. The van der Waals surface area contributed by atoms with Gasteiger partial charge in [0.1, 0.15) is 21.4 Å². The lowest BCUT2D eigenvalue weighted by Crippen LogP contribution is -1.95. The maximum Gasteiger partial charge on any atom is 0.155 e. The number of imidazole rings is 1. The molecule has 0 spiro atoms. The number of rotatable bonds is 2. The fourth-order valence-electron chi connectivity index (χ4n) is 1.82. The summed E-state index contributed by atoms with van der Waals surface area (Å²) in [5, 5.41) is 3.09. The Hall–Kier alpha value is -1.34. The Morgan fingerprint density at radius 2 is 2.18 bits per heavy atom. The Morgan fingerprint density at radius 1 is 1.35 bits per heavy atom. The number of nitrogens with one attached hydrogen (secondary N) is 1. The second kappa shape index (κ2) is 3.85. The van der Waals surface area contributed by atoms with Crippen LogP contribution in [-0.4, -0.2) is 32.8 Å². The lowest BCUT2D eigenvalue weighted by molar-refractivity contribution is 0.949. The quantitative estimate of drug-likeness (QED) is 0.721. The molecule has 1 N–H and O–H groups in total. The van der Waals surface area contributed by atoms with Crippen LogP contribution < -0.4 is 5.32 Å². The molecule has 3 heterocycles. The normalized spacial score (nSPS) is 11.5. The lowest BCUT2D eigenvalue weighted by atomic mass is 10.3. The standard InChI is InChI=1S/C10H11N5S2/c1-11-8-5-7(15(2)4-12-5)6-9(14-8)17-10(13-6)16-3/h4H,1-3H3,(H,11,14). The van der Waals surface area contributed by atoms with Crippen LogP contribution in [0.5, 0.6) is 0 Å². The molecule has 0 aliphatic carbocycles. The highest BCUT2D eigenvalue weighted by atomic mass is 32.2. The van der Waals surface area contributed by atoms with Gasteiger partial charge in [0.2, 0.25) is 0 Å². The molecule has 0 aliphatic rings. The van der Waals surface area contributed by atoms with E-state index in [2.05, 4.69) is 20.3 Å². The van der Waals surface area contributed by atoms with Crippen LogP contribution in [-0.2, 0) is 7.05 Å². The fraction of sp³-hybridized carbons (Fsp3) is 0.300. The molecule has 3 aromatic heterocycles. The van der Waals surface area contributed by atoms with E-state index in [0.29, 0.717) is 0 Å². The van der Waals surface area contributed by atoms with E-state index in [-0.39, 0.29) is 0 Å². The Morgan fingerprint density at radius 3 is 2.88 bits per heavy atom. The first kappa shape index (κ1) is 10.8. The summed E-state index contributed by atoms with van der Waals surface area (Å²) in [4.78, 5) is 14.5. The van der Waals surface area contributed by atoms with Crippen molar-refractivity contribution in [2.75, 3.05) is 18.6 Å². The molecular formula is C10H11N5S2. The number of pyridine rings is 1. The summed E-state index contributed by atoms with van der Waals surface area (Å²) >= 11 is 3.26. The van der Waals surface area contributed by atoms with Crippen molar-refractivity contribution in [2.45, 2.75) is 4.34 Å². The van der Waals surface area contributed by atoms with Gasteiger partial charge >= 0.3 is 0 Å². The van der Waals surface area contributed by atoms with Gasteiger partial charge in [-0.25, -0.2) is 15.0 Å². The average molecular weight is 265 g/mol. The van der Waals surface area contributed by atoms with Gasteiger partial charge in [-0.3, -0.25) is 0 Å². The smallest absolute Gasteiger partial charge is 0.155 e. The van der Waals surface area contributed by atoms with Gasteiger partial charge in [-0.1, -0.05) is 23.1 Å². The first-order valence-electron chi connectivity index (χ1n) is 5.08. The molecule has 0 amide bonds. The number of thiazole rings is 1. The van der Waals surface area contributed by atoms with Gasteiger partial charge in [-0.2, -0.15) is 0 Å². The highest BCUT2D eigenvalue weighted by molar-refractivity contribution is 8.00. The molecule has 0 fully saturated rings. The van der Waals surface area contributed by atoms with Crippen molar-refractivity contribution in [3.8, 4) is 0 Å². The average Bonchev–Trinajstić information content (AvgIpc) is 2.91. The molecular weight excluding hydrogens is 254 g/mol. The Kier molecular flexibility index (Phi) is 2.44. The zero-order valence-electron chi connectivity index (χ0n) is 9.68.